The summed E-state index contributed by atoms with van der Waals surface area (Å²) in [7, 11) is 0. The second kappa shape index (κ2) is 16.7. The Morgan fingerprint density at radius 3 is 1.60 bits per heavy atom. The van der Waals surface area contributed by atoms with Crippen LogP contribution in [0, 0.1) is 22.7 Å². The third-order valence-electron chi connectivity index (χ3n) is 6.27. The molecule has 13 nitrogen and oxygen atoms in total. The van der Waals surface area contributed by atoms with E-state index in [0.717, 1.165) is 17.7 Å². The van der Waals surface area contributed by atoms with Gasteiger partial charge in [0.25, 0.3) is 5.91 Å². The van der Waals surface area contributed by atoms with Crippen molar-refractivity contribution in [3.8, 4) is 12.1 Å². The maximum atomic E-state index is 12.1. The Kier molecular flexibility index (Phi) is 11.6. The molecule has 0 saturated carbocycles. The molecule has 0 saturated heterocycles. The van der Waals surface area contributed by atoms with E-state index in [0.29, 0.717) is 34.9 Å². The van der Waals surface area contributed by atoms with Gasteiger partial charge in [-0.15, -0.1) is 0 Å². The standard InChI is InChI=1S/C17H13N5O.C9H10N4.C8H5NO2/c18-11-13-1-3-15(4-2-13)17(23)20-16-7-10-22(21-16)12-14-5-8-19-9-6-14;10-9-3-6-13(12-9)7-8-1-4-11-5-2-8;9-5-6-1-3-7(4-2-6)8(10)11/h1-10H,12H2,(H,20,21,23);1-6H,7H2,(H2,10,12);1-4H,(H,10,11). The van der Waals surface area contributed by atoms with E-state index in [1.807, 2.05) is 42.6 Å². The number of pyridine rings is 2. The third-order valence-corrected chi connectivity index (χ3v) is 6.27. The van der Waals surface area contributed by atoms with E-state index in [-0.39, 0.29) is 11.5 Å². The molecule has 4 N–H and O–H groups in total. The van der Waals surface area contributed by atoms with Gasteiger partial charge in [-0.2, -0.15) is 20.7 Å². The van der Waals surface area contributed by atoms with Gasteiger partial charge in [-0.1, -0.05) is 0 Å². The van der Waals surface area contributed by atoms with Crippen LogP contribution in [-0.2, 0) is 13.1 Å². The van der Waals surface area contributed by atoms with Crippen LogP contribution in [-0.4, -0.2) is 46.5 Å². The van der Waals surface area contributed by atoms with Gasteiger partial charge in [-0.3, -0.25) is 24.1 Å². The average Bonchev–Trinajstić information content (AvgIpc) is 3.73. The van der Waals surface area contributed by atoms with E-state index >= 15 is 0 Å². The monoisotopic (exact) mass is 624 g/mol. The number of anilines is 2. The molecule has 0 bridgehead atoms. The van der Waals surface area contributed by atoms with Crippen molar-refractivity contribution in [1.82, 2.24) is 29.5 Å². The Labute approximate surface area is 269 Å². The number of carbonyl (C=O) groups is 2. The number of carboxylic acids is 1. The van der Waals surface area contributed by atoms with Crippen LogP contribution in [0.2, 0.25) is 0 Å². The Bertz CT molecular complexity index is 1970. The van der Waals surface area contributed by atoms with Gasteiger partial charge in [-0.05, 0) is 90.0 Å². The minimum atomic E-state index is -0.977. The zero-order valence-corrected chi connectivity index (χ0v) is 24.9. The van der Waals surface area contributed by atoms with Crippen molar-refractivity contribution in [2.75, 3.05) is 11.1 Å². The number of amides is 1. The van der Waals surface area contributed by atoms with Gasteiger partial charge in [0.1, 0.15) is 5.82 Å². The average molecular weight is 625 g/mol. The van der Waals surface area contributed by atoms with Crippen molar-refractivity contribution in [3.05, 3.63) is 155 Å². The van der Waals surface area contributed by atoms with E-state index in [9.17, 15) is 9.59 Å². The van der Waals surface area contributed by atoms with Gasteiger partial charge in [0, 0.05) is 48.8 Å². The molecule has 4 heterocycles. The fourth-order valence-electron chi connectivity index (χ4n) is 3.90. The molecule has 47 heavy (non-hydrogen) atoms. The highest BCUT2D eigenvalue weighted by molar-refractivity contribution is 6.03. The van der Waals surface area contributed by atoms with E-state index in [2.05, 4.69) is 25.5 Å². The summed E-state index contributed by atoms with van der Waals surface area (Å²) in [5.41, 5.74) is 9.39. The first-order valence-electron chi connectivity index (χ1n) is 14.0. The molecule has 0 spiro atoms. The molecule has 0 unspecified atom stereocenters. The SMILES string of the molecule is N#Cc1ccc(C(=O)Nc2ccn(Cc3ccncc3)n2)cc1.N#Cc1ccc(C(=O)O)cc1.Nc1ccn(Cc2ccncc2)n1. The highest BCUT2D eigenvalue weighted by atomic mass is 16.4. The molecule has 0 radical (unpaired) electrons. The number of nitrogen functional groups attached to an aromatic ring is 1. The van der Waals surface area contributed by atoms with Gasteiger partial charge in [-0.25, -0.2) is 4.79 Å². The van der Waals surface area contributed by atoms with E-state index in [1.165, 1.54) is 24.3 Å². The summed E-state index contributed by atoms with van der Waals surface area (Å²) in [5.74, 6) is -0.208. The summed E-state index contributed by atoms with van der Waals surface area (Å²) in [6.45, 7) is 1.34. The molecular formula is C34H28N10O3. The highest BCUT2D eigenvalue weighted by Crippen LogP contribution is 2.10. The molecule has 4 aromatic heterocycles. The molecule has 6 aromatic rings. The second-order valence-corrected chi connectivity index (χ2v) is 9.69. The molecule has 6 rings (SSSR count). The largest absolute Gasteiger partial charge is 0.478 e. The van der Waals surface area contributed by atoms with Crippen LogP contribution < -0.4 is 11.1 Å². The molecule has 232 valence electrons. The van der Waals surface area contributed by atoms with E-state index < -0.39 is 5.97 Å². The number of benzene rings is 2. The number of aromatic carboxylic acids is 1. The minimum Gasteiger partial charge on any atom is -0.478 e. The van der Waals surface area contributed by atoms with Crippen LogP contribution in [0.25, 0.3) is 0 Å². The fourth-order valence-corrected chi connectivity index (χ4v) is 3.90. The quantitative estimate of drug-likeness (QED) is 0.225. The summed E-state index contributed by atoms with van der Waals surface area (Å²) in [4.78, 5) is 30.4. The Hall–Kier alpha value is -7.12. The lowest BCUT2D eigenvalue weighted by Gasteiger charge is -2.03. The van der Waals surface area contributed by atoms with Gasteiger partial charge < -0.3 is 16.2 Å². The second-order valence-electron chi connectivity index (χ2n) is 9.69. The van der Waals surface area contributed by atoms with Crippen LogP contribution in [0.15, 0.2) is 122 Å². The van der Waals surface area contributed by atoms with Crippen molar-refractivity contribution < 1.29 is 14.7 Å². The van der Waals surface area contributed by atoms with Crippen molar-refractivity contribution in [1.29, 1.82) is 10.5 Å². The highest BCUT2D eigenvalue weighted by Gasteiger charge is 2.08. The van der Waals surface area contributed by atoms with Crippen LogP contribution >= 0.6 is 0 Å². The van der Waals surface area contributed by atoms with Gasteiger partial charge in [0.15, 0.2) is 5.82 Å². The smallest absolute Gasteiger partial charge is 0.335 e. The number of nitrogens with zero attached hydrogens (tertiary/aromatic N) is 8. The number of carbonyl (C=O) groups excluding carboxylic acids is 1. The summed E-state index contributed by atoms with van der Waals surface area (Å²) >= 11 is 0. The van der Waals surface area contributed by atoms with Gasteiger partial charge >= 0.3 is 5.97 Å². The molecule has 0 fully saturated rings. The zero-order chi connectivity index (χ0) is 33.4. The predicted octanol–water partition coefficient (Wildman–Crippen LogP) is 4.62. The van der Waals surface area contributed by atoms with Gasteiger partial charge in [0.05, 0.1) is 41.9 Å². The summed E-state index contributed by atoms with van der Waals surface area (Å²) < 4.78 is 3.54. The van der Waals surface area contributed by atoms with Crippen molar-refractivity contribution in [3.63, 3.8) is 0 Å². The van der Waals surface area contributed by atoms with Crippen LogP contribution in [0.4, 0.5) is 11.6 Å². The molecule has 0 aliphatic rings. The minimum absolute atomic E-state index is 0.198. The van der Waals surface area contributed by atoms with E-state index in [1.54, 1.807) is 76.7 Å². The van der Waals surface area contributed by atoms with Crippen LogP contribution in [0.1, 0.15) is 43.0 Å². The first-order valence-corrected chi connectivity index (χ1v) is 14.0. The molecule has 13 heteroatoms. The summed E-state index contributed by atoms with van der Waals surface area (Å²) in [6.07, 6.45) is 10.6. The first-order chi connectivity index (χ1) is 22.8. The van der Waals surface area contributed by atoms with Gasteiger partial charge in [0.2, 0.25) is 0 Å². The number of hydrogen-bond acceptors (Lipinski definition) is 9. The molecule has 0 aliphatic carbocycles. The normalized spacial score (nSPS) is 9.74. The molecule has 0 atom stereocenters. The maximum absolute atomic E-state index is 12.1. The topological polar surface area (TPSA) is 201 Å². The predicted molar refractivity (Wildman–Crippen MR) is 173 cm³/mol. The van der Waals surface area contributed by atoms with Crippen molar-refractivity contribution in [2.24, 2.45) is 0 Å². The Morgan fingerprint density at radius 2 is 1.15 bits per heavy atom. The number of hydrogen-bond donors (Lipinski definition) is 3. The molecular weight excluding hydrogens is 596 g/mol. The lowest BCUT2D eigenvalue weighted by molar-refractivity contribution is 0.0696. The van der Waals surface area contributed by atoms with E-state index in [4.69, 9.17) is 21.4 Å². The molecule has 1 amide bonds. The number of aromatic nitrogens is 6. The number of nitriles is 2. The number of nitrogens with two attached hydrogens (primary N) is 1. The molecule has 2 aromatic carbocycles. The number of carboxylic acid groups (broad SMARTS) is 1. The lowest BCUT2D eigenvalue weighted by atomic mass is 10.1. The third kappa shape index (κ3) is 10.5. The van der Waals surface area contributed by atoms with Crippen molar-refractivity contribution >= 4 is 23.5 Å². The van der Waals surface area contributed by atoms with Crippen LogP contribution in [0.3, 0.4) is 0 Å². The fraction of sp³-hybridized carbons (Fsp3) is 0.0588. The van der Waals surface area contributed by atoms with Crippen molar-refractivity contribution in [2.45, 2.75) is 13.1 Å². The maximum Gasteiger partial charge on any atom is 0.335 e. The Morgan fingerprint density at radius 1 is 0.681 bits per heavy atom. The molecule has 0 aliphatic heterocycles. The first kappa shape index (κ1) is 32.8. The number of rotatable bonds is 7. The Balaban J connectivity index is 0.000000176. The zero-order valence-electron chi connectivity index (χ0n) is 24.9. The van der Waals surface area contributed by atoms with Crippen LogP contribution in [0.5, 0.6) is 0 Å². The summed E-state index contributed by atoms with van der Waals surface area (Å²) in [5, 5.41) is 36.7. The summed E-state index contributed by atoms with van der Waals surface area (Å²) in [6, 6.07) is 27.4. The number of nitrogens with one attached hydrogen (secondary N) is 1. The lowest BCUT2D eigenvalue weighted by Crippen LogP contribution is -2.12.